The average molecular weight is 282 g/mol. The van der Waals surface area contributed by atoms with Crippen molar-refractivity contribution in [1.29, 1.82) is 0 Å². The lowest BCUT2D eigenvalue weighted by molar-refractivity contribution is -0.389. The van der Waals surface area contributed by atoms with E-state index in [0.717, 1.165) is 12.8 Å². The molecule has 0 aromatic carbocycles. The number of aliphatic hydroxyl groups excluding tert-OH is 1. The fraction of sp³-hybridized carbons (Fsp3) is 0.667. The average Bonchev–Trinajstić information content (AvgIpc) is 2.94. The second kappa shape index (κ2) is 6.47. The van der Waals surface area contributed by atoms with Gasteiger partial charge in [0.15, 0.2) is 0 Å². The highest BCUT2D eigenvalue weighted by molar-refractivity contribution is 5.76. The third-order valence-electron chi connectivity index (χ3n) is 3.62. The first-order valence-electron chi connectivity index (χ1n) is 6.65. The molecule has 0 radical (unpaired) electrons. The maximum atomic E-state index is 12.0. The molecule has 20 heavy (non-hydrogen) atoms. The number of amides is 1. The lowest BCUT2D eigenvalue weighted by Gasteiger charge is -2.31. The van der Waals surface area contributed by atoms with Crippen molar-refractivity contribution in [2.45, 2.75) is 25.8 Å². The summed E-state index contributed by atoms with van der Waals surface area (Å²) in [5.41, 5.74) is 0. The molecule has 110 valence electrons. The van der Waals surface area contributed by atoms with Gasteiger partial charge in [0.25, 0.3) is 0 Å². The Labute approximate surface area is 116 Å². The highest BCUT2D eigenvalue weighted by Crippen LogP contribution is 2.17. The number of piperidine rings is 1. The van der Waals surface area contributed by atoms with Gasteiger partial charge in [-0.1, -0.05) is 0 Å². The number of aromatic nitrogens is 2. The summed E-state index contributed by atoms with van der Waals surface area (Å²) in [6, 6.07) is 0. The molecule has 1 amide bonds. The van der Waals surface area contributed by atoms with Crippen LogP contribution < -0.4 is 0 Å². The third kappa shape index (κ3) is 3.53. The van der Waals surface area contributed by atoms with E-state index in [-0.39, 0.29) is 18.3 Å². The van der Waals surface area contributed by atoms with Gasteiger partial charge in [-0.2, -0.15) is 0 Å². The molecular formula is C12H18N4O4. The molecule has 8 nitrogen and oxygen atoms in total. The number of imidazole rings is 1. The number of aliphatic hydroxyl groups is 1. The molecule has 0 bridgehead atoms. The van der Waals surface area contributed by atoms with Crippen LogP contribution in [0.5, 0.6) is 0 Å². The highest BCUT2D eigenvalue weighted by atomic mass is 16.6. The quantitative estimate of drug-likeness (QED) is 0.622. The summed E-state index contributed by atoms with van der Waals surface area (Å²) in [4.78, 5) is 27.4. The van der Waals surface area contributed by atoms with Crippen molar-refractivity contribution in [2.75, 3.05) is 19.7 Å². The van der Waals surface area contributed by atoms with Crippen molar-refractivity contribution < 1.29 is 14.8 Å². The van der Waals surface area contributed by atoms with Crippen molar-refractivity contribution in [3.05, 3.63) is 22.6 Å². The Morgan fingerprint density at radius 2 is 2.20 bits per heavy atom. The van der Waals surface area contributed by atoms with Crippen LogP contribution in [0.4, 0.5) is 5.82 Å². The Hall–Kier alpha value is -1.96. The zero-order chi connectivity index (χ0) is 14.5. The number of nitrogens with zero attached hydrogens (tertiary/aromatic N) is 4. The Balaban J connectivity index is 1.78. The van der Waals surface area contributed by atoms with Gasteiger partial charge in [-0.05, 0) is 28.7 Å². The normalized spacial score (nSPS) is 16.4. The fourth-order valence-electron chi connectivity index (χ4n) is 2.31. The molecule has 1 aliphatic heterocycles. The van der Waals surface area contributed by atoms with E-state index in [1.165, 1.54) is 12.5 Å². The van der Waals surface area contributed by atoms with Crippen LogP contribution in [0.2, 0.25) is 0 Å². The van der Waals surface area contributed by atoms with Gasteiger partial charge >= 0.3 is 5.82 Å². The third-order valence-corrected chi connectivity index (χ3v) is 3.62. The van der Waals surface area contributed by atoms with E-state index in [2.05, 4.69) is 4.98 Å². The molecule has 0 atom stereocenters. The Morgan fingerprint density at radius 3 is 2.75 bits per heavy atom. The minimum atomic E-state index is -0.558. The molecule has 1 aliphatic rings. The number of aryl methyl sites for hydroxylation is 1. The summed E-state index contributed by atoms with van der Waals surface area (Å²) in [7, 11) is 0. The summed E-state index contributed by atoms with van der Waals surface area (Å²) < 4.78 is 1.55. The standard InChI is InChI=1S/C12H18N4O4/c17-8-10-1-5-15(6-2-10)12(18)3-4-14-7-11(13-9-14)16(19)20/h7,9-10,17H,1-6,8H2. The number of rotatable bonds is 5. The zero-order valence-corrected chi connectivity index (χ0v) is 11.1. The first-order valence-corrected chi connectivity index (χ1v) is 6.65. The number of hydrogen-bond acceptors (Lipinski definition) is 5. The Morgan fingerprint density at radius 1 is 1.50 bits per heavy atom. The Kier molecular flexibility index (Phi) is 4.67. The molecule has 0 saturated carbocycles. The van der Waals surface area contributed by atoms with Crippen molar-refractivity contribution >= 4 is 11.7 Å². The molecule has 1 saturated heterocycles. The molecule has 2 heterocycles. The van der Waals surface area contributed by atoms with Crippen LogP contribution in [0, 0.1) is 16.0 Å². The number of carbonyl (C=O) groups is 1. The summed E-state index contributed by atoms with van der Waals surface area (Å²) >= 11 is 0. The van der Waals surface area contributed by atoms with E-state index in [0.29, 0.717) is 32.0 Å². The van der Waals surface area contributed by atoms with Crippen LogP contribution in [-0.2, 0) is 11.3 Å². The maximum Gasteiger partial charge on any atom is 0.381 e. The second-order valence-electron chi connectivity index (χ2n) is 4.98. The molecule has 1 aromatic heterocycles. The minimum absolute atomic E-state index is 0.0396. The molecule has 1 aromatic rings. The largest absolute Gasteiger partial charge is 0.396 e. The first kappa shape index (κ1) is 14.4. The summed E-state index contributed by atoms with van der Waals surface area (Å²) in [5.74, 6) is 0.134. The number of nitro groups is 1. The number of carbonyl (C=O) groups excluding carboxylic acids is 1. The van der Waals surface area contributed by atoms with Gasteiger partial charge < -0.3 is 24.7 Å². The maximum absolute atomic E-state index is 12.0. The van der Waals surface area contributed by atoms with Crippen LogP contribution in [0.3, 0.4) is 0 Å². The Bertz CT molecular complexity index is 480. The molecule has 0 unspecified atom stereocenters. The topological polar surface area (TPSA) is 102 Å². The summed E-state index contributed by atoms with van der Waals surface area (Å²) in [6.07, 6.45) is 4.66. The van der Waals surface area contributed by atoms with Crippen molar-refractivity contribution in [3.8, 4) is 0 Å². The summed E-state index contributed by atoms with van der Waals surface area (Å²) in [5, 5.41) is 19.5. The fourth-order valence-corrected chi connectivity index (χ4v) is 2.31. The SMILES string of the molecule is O=C(CCn1cnc([N+](=O)[O-])c1)N1CCC(CO)CC1. The van der Waals surface area contributed by atoms with Crippen LogP contribution in [-0.4, -0.2) is 50.1 Å². The highest BCUT2D eigenvalue weighted by Gasteiger charge is 2.22. The summed E-state index contributed by atoms with van der Waals surface area (Å²) in [6.45, 7) is 1.92. The van der Waals surface area contributed by atoms with Gasteiger partial charge in [-0.15, -0.1) is 0 Å². The zero-order valence-electron chi connectivity index (χ0n) is 11.1. The molecular weight excluding hydrogens is 264 g/mol. The molecule has 0 aliphatic carbocycles. The second-order valence-corrected chi connectivity index (χ2v) is 4.98. The van der Waals surface area contributed by atoms with E-state index in [1.54, 1.807) is 9.47 Å². The predicted molar refractivity (Wildman–Crippen MR) is 69.9 cm³/mol. The monoisotopic (exact) mass is 282 g/mol. The van der Waals surface area contributed by atoms with Crippen LogP contribution in [0.1, 0.15) is 19.3 Å². The van der Waals surface area contributed by atoms with Crippen LogP contribution in [0.25, 0.3) is 0 Å². The van der Waals surface area contributed by atoms with Crippen molar-refractivity contribution in [2.24, 2.45) is 5.92 Å². The van der Waals surface area contributed by atoms with Crippen LogP contribution >= 0.6 is 0 Å². The van der Waals surface area contributed by atoms with E-state index in [1.807, 2.05) is 0 Å². The molecule has 1 fully saturated rings. The number of hydrogen-bond donors (Lipinski definition) is 1. The lowest BCUT2D eigenvalue weighted by atomic mass is 9.98. The molecule has 8 heteroatoms. The van der Waals surface area contributed by atoms with E-state index >= 15 is 0 Å². The van der Waals surface area contributed by atoms with Crippen molar-refractivity contribution in [1.82, 2.24) is 14.5 Å². The van der Waals surface area contributed by atoms with Gasteiger partial charge in [-0.3, -0.25) is 4.79 Å². The van der Waals surface area contributed by atoms with Gasteiger partial charge in [0, 0.05) is 32.7 Å². The first-order chi connectivity index (χ1) is 9.60. The molecule has 2 rings (SSSR count). The van der Waals surface area contributed by atoms with Crippen molar-refractivity contribution in [3.63, 3.8) is 0 Å². The van der Waals surface area contributed by atoms with Gasteiger partial charge in [-0.25, -0.2) is 0 Å². The number of likely N-dealkylation sites (tertiary alicyclic amines) is 1. The molecule has 0 spiro atoms. The van der Waals surface area contributed by atoms with Gasteiger partial charge in [0.1, 0.15) is 6.20 Å². The van der Waals surface area contributed by atoms with E-state index in [4.69, 9.17) is 5.11 Å². The van der Waals surface area contributed by atoms with E-state index < -0.39 is 4.92 Å². The smallest absolute Gasteiger partial charge is 0.381 e. The van der Waals surface area contributed by atoms with E-state index in [9.17, 15) is 14.9 Å². The van der Waals surface area contributed by atoms with Gasteiger partial charge in [0.05, 0.1) is 0 Å². The predicted octanol–water partition coefficient (Wildman–Crippen LogP) is 0.412. The van der Waals surface area contributed by atoms with Gasteiger partial charge in [0.2, 0.25) is 12.2 Å². The lowest BCUT2D eigenvalue weighted by Crippen LogP contribution is -2.39. The van der Waals surface area contributed by atoms with Crippen LogP contribution in [0.15, 0.2) is 12.5 Å². The molecule has 1 N–H and O–H groups in total. The minimum Gasteiger partial charge on any atom is -0.396 e.